The largest absolute Gasteiger partial charge is 0.367 e. The molecule has 0 radical (unpaired) electrons. The minimum absolute atomic E-state index is 0.603. The van der Waals surface area contributed by atoms with Gasteiger partial charge in [-0.15, -0.1) is 0 Å². The van der Waals surface area contributed by atoms with E-state index in [9.17, 15) is 0 Å². The minimum Gasteiger partial charge on any atom is -0.367 e. The van der Waals surface area contributed by atoms with Crippen LogP contribution in [0.3, 0.4) is 0 Å². The van der Waals surface area contributed by atoms with Crippen molar-refractivity contribution in [1.29, 1.82) is 0 Å². The summed E-state index contributed by atoms with van der Waals surface area (Å²) in [5, 5.41) is 7.12. The van der Waals surface area contributed by atoms with Crippen LogP contribution in [0.5, 0.6) is 0 Å². The van der Waals surface area contributed by atoms with Crippen LogP contribution >= 0.6 is 23.2 Å². The molecule has 4 rings (SSSR count). The Morgan fingerprint density at radius 1 is 0.880 bits per heavy atom. The summed E-state index contributed by atoms with van der Waals surface area (Å²) in [6, 6.07) is 21.1. The first-order chi connectivity index (χ1) is 12.2. The Kier molecular flexibility index (Phi) is 4.85. The molecule has 4 heteroatoms. The fraction of sp³-hybridized carbons (Fsp3) is 0.238. The van der Waals surface area contributed by atoms with Crippen molar-refractivity contribution < 1.29 is 0 Å². The van der Waals surface area contributed by atoms with E-state index >= 15 is 0 Å². The second kappa shape index (κ2) is 7.25. The van der Waals surface area contributed by atoms with Gasteiger partial charge in [0.2, 0.25) is 0 Å². The maximum atomic E-state index is 6.21. The summed E-state index contributed by atoms with van der Waals surface area (Å²) in [6.45, 7) is 4.04. The highest BCUT2D eigenvalue weighted by Crippen LogP contribution is 2.27. The third kappa shape index (κ3) is 3.77. The van der Waals surface area contributed by atoms with E-state index in [-0.39, 0.29) is 0 Å². The second-order valence-electron chi connectivity index (χ2n) is 6.68. The Bertz CT molecular complexity index is 890. The standard InChI is InChI=1S/C21H20Cl2N2/c22-20-8-5-15(9-21(20)23)13-25(14-16-11-24-12-16)19-7-6-17-3-1-2-4-18(17)10-19/h1-10,16,24H,11-14H2. The molecule has 0 amide bonds. The molecule has 3 aromatic rings. The smallest absolute Gasteiger partial charge is 0.0595 e. The van der Waals surface area contributed by atoms with Gasteiger partial charge in [0.05, 0.1) is 10.0 Å². The van der Waals surface area contributed by atoms with Gasteiger partial charge in [0.15, 0.2) is 0 Å². The van der Waals surface area contributed by atoms with Crippen molar-refractivity contribution in [2.24, 2.45) is 5.92 Å². The Morgan fingerprint density at radius 3 is 2.40 bits per heavy atom. The van der Waals surface area contributed by atoms with Crippen LogP contribution in [0.15, 0.2) is 60.7 Å². The number of benzene rings is 3. The predicted molar refractivity (Wildman–Crippen MR) is 108 cm³/mol. The van der Waals surface area contributed by atoms with E-state index in [2.05, 4.69) is 58.7 Å². The van der Waals surface area contributed by atoms with Crippen molar-refractivity contribution >= 4 is 39.7 Å². The number of nitrogens with one attached hydrogen (secondary N) is 1. The van der Waals surface area contributed by atoms with Gasteiger partial charge in [0.1, 0.15) is 0 Å². The summed E-state index contributed by atoms with van der Waals surface area (Å²) in [4.78, 5) is 2.44. The summed E-state index contributed by atoms with van der Waals surface area (Å²) in [6.07, 6.45) is 0. The number of hydrogen-bond donors (Lipinski definition) is 1. The zero-order valence-electron chi connectivity index (χ0n) is 13.9. The Morgan fingerprint density at radius 2 is 1.68 bits per heavy atom. The van der Waals surface area contributed by atoms with Gasteiger partial charge in [-0.25, -0.2) is 0 Å². The molecular weight excluding hydrogens is 351 g/mol. The molecule has 1 aliphatic rings. The van der Waals surface area contributed by atoms with E-state index in [0.29, 0.717) is 16.0 Å². The van der Waals surface area contributed by atoms with Crippen LogP contribution in [0.1, 0.15) is 5.56 Å². The fourth-order valence-electron chi connectivity index (χ4n) is 3.28. The topological polar surface area (TPSA) is 15.3 Å². The zero-order chi connectivity index (χ0) is 17.2. The quantitative estimate of drug-likeness (QED) is 0.648. The molecule has 1 N–H and O–H groups in total. The summed E-state index contributed by atoms with van der Waals surface area (Å²) in [5.41, 5.74) is 2.42. The molecule has 1 saturated heterocycles. The molecule has 2 nitrogen and oxygen atoms in total. The van der Waals surface area contributed by atoms with Crippen molar-refractivity contribution in [3.63, 3.8) is 0 Å². The van der Waals surface area contributed by atoms with Gasteiger partial charge in [-0.05, 0) is 40.6 Å². The zero-order valence-corrected chi connectivity index (χ0v) is 15.4. The molecule has 1 heterocycles. The van der Waals surface area contributed by atoms with Crippen LogP contribution in [-0.4, -0.2) is 19.6 Å². The molecular formula is C21H20Cl2N2. The molecule has 128 valence electrons. The van der Waals surface area contributed by atoms with Crippen LogP contribution in [0.4, 0.5) is 5.69 Å². The lowest BCUT2D eigenvalue weighted by Gasteiger charge is -2.35. The average molecular weight is 371 g/mol. The molecule has 0 aromatic heterocycles. The lowest BCUT2D eigenvalue weighted by molar-refractivity contribution is 0.348. The molecule has 0 aliphatic carbocycles. The predicted octanol–water partition coefficient (Wildman–Crippen LogP) is 5.37. The van der Waals surface area contributed by atoms with E-state index in [1.165, 1.54) is 22.0 Å². The second-order valence-corrected chi connectivity index (χ2v) is 7.50. The molecule has 1 fully saturated rings. The molecule has 0 unspecified atom stereocenters. The van der Waals surface area contributed by atoms with Gasteiger partial charge in [0.25, 0.3) is 0 Å². The number of rotatable bonds is 5. The van der Waals surface area contributed by atoms with Crippen LogP contribution in [-0.2, 0) is 6.54 Å². The molecule has 0 atom stereocenters. The van der Waals surface area contributed by atoms with E-state index in [1.807, 2.05) is 12.1 Å². The average Bonchev–Trinajstić information content (AvgIpc) is 2.59. The maximum absolute atomic E-state index is 6.21. The highest BCUT2D eigenvalue weighted by molar-refractivity contribution is 6.42. The number of hydrogen-bond acceptors (Lipinski definition) is 2. The monoisotopic (exact) mass is 370 g/mol. The van der Waals surface area contributed by atoms with Crippen LogP contribution < -0.4 is 10.2 Å². The minimum atomic E-state index is 0.603. The van der Waals surface area contributed by atoms with Gasteiger partial charge in [-0.1, -0.05) is 59.6 Å². The Balaban J connectivity index is 1.64. The number of anilines is 1. The first-order valence-electron chi connectivity index (χ1n) is 8.57. The van der Waals surface area contributed by atoms with Gasteiger partial charge >= 0.3 is 0 Å². The molecule has 1 aliphatic heterocycles. The SMILES string of the molecule is Clc1ccc(CN(CC2CNC2)c2ccc3ccccc3c2)cc1Cl. The van der Waals surface area contributed by atoms with E-state index in [4.69, 9.17) is 23.2 Å². The van der Waals surface area contributed by atoms with Crippen molar-refractivity contribution in [1.82, 2.24) is 5.32 Å². The molecule has 0 spiro atoms. The van der Waals surface area contributed by atoms with Crippen molar-refractivity contribution in [2.45, 2.75) is 6.54 Å². The lowest BCUT2D eigenvalue weighted by atomic mass is 10.0. The van der Waals surface area contributed by atoms with Crippen LogP contribution in [0, 0.1) is 5.92 Å². The summed E-state index contributed by atoms with van der Waals surface area (Å²) in [7, 11) is 0. The normalized spacial score (nSPS) is 14.5. The summed E-state index contributed by atoms with van der Waals surface area (Å²) < 4.78 is 0. The number of fused-ring (bicyclic) bond motifs is 1. The molecule has 0 saturated carbocycles. The van der Waals surface area contributed by atoms with Gasteiger partial charge in [0, 0.05) is 37.8 Å². The highest BCUT2D eigenvalue weighted by Gasteiger charge is 2.21. The maximum Gasteiger partial charge on any atom is 0.0595 e. The van der Waals surface area contributed by atoms with Gasteiger partial charge in [-0.2, -0.15) is 0 Å². The molecule has 25 heavy (non-hydrogen) atoms. The van der Waals surface area contributed by atoms with Gasteiger partial charge in [-0.3, -0.25) is 0 Å². The van der Waals surface area contributed by atoms with E-state index in [1.54, 1.807) is 0 Å². The van der Waals surface area contributed by atoms with E-state index in [0.717, 1.165) is 26.2 Å². The summed E-state index contributed by atoms with van der Waals surface area (Å²) >= 11 is 12.3. The highest BCUT2D eigenvalue weighted by atomic mass is 35.5. The Labute approximate surface area is 158 Å². The first-order valence-corrected chi connectivity index (χ1v) is 9.33. The van der Waals surface area contributed by atoms with Gasteiger partial charge < -0.3 is 10.2 Å². The molecule has 3 aromatic carbocycles. The third-order valence-electron chi connectivity index (χ3n) is 4.80. The van der Waals surface area contributed by atoms with E-state index < -0.39 is 0 Å². The fourth-order valence-corrected chi connectivity index (χ4v) is 3.60. The third-order valence-corrected chi connectivity index (χ3v) is 5.54. The Hall–Kier alpha value is -1.74. The van der Waals surface area contributed by atoms with Crippen molar-refractivity contribution in [3.05, 3.63) is 76.3 Å². The summed E-state index contributed by atoms with van der Waals surface area (Å²) in [5.74, 6) is 0.689. The first kappa shape index (κ1) is 16.7. The van der Waals surface area contributed by atoms with Crippen LogP contribution in [0.2, 0.25) is 10.0 Å². The van der Waals surface area contributed by atoms with Crippen molar-refractivity contribution in [2.75, 3.05) is 24.5 Å². The number of nitrogens with zero attached hydrogens (tertiary/aromatic N) is 1. The van der Waals surface area contributed by atoms with Crippen molar-refractivity contribution in [3.8, 4) is 0 Å². The van der Waals surface area contributed by atoms with Crippen LogP contribution in [0.25, 0.3) is 10.8 Å². The molecule has 0 bridgehead atoms. The lowest BCUT2D eigenvalue weighted by Crippen LogP contribution is -2.48. The number of halogens is 2.